The zero-order chi connectivity index (χ0) is 26.2. The second-order valence-electron chi connectivity index (χ2n) is 7.32. The summed E-state index contributed by atoms with van der Waals surface area (Å²) in [7, 11) is 1.60. The Balaban J connectivity index is 1.78. The first-order valence-electron chi connectivity index (χ1n) is 11.3. The first-order chi connectivity index (χ1) is 17.3. The number of hydrogen-bond donors (Lipinski definition) is 1. The van der Waals surface area contributed by atoms with Gasteiger partial charge in [0.1, 0.15) is 15.6 Å². The van der Waals surface area contributed by atoms with Gasteiger partial charge in [-0.05, 0) is 45.4 Å². The summed E-state index contributed by atoms with van der Waals surface area (Å²) in [5.74, 6) is -0.144. The van der Waals surface area contributed by atoms with Crippen LogP contribution in [0.4, 0.5) is 5.00 Å². The fraction of sp³-hybridized carbons (Fsp3) is 0.375. The van der Waals surface area contributed by atoms with Crippen molar-refractivity contribution in [3.8, 4) is 17.1 Å². The van der Waals surface area contributed by atoms with Crippen LogP contribution in [0.25, 0.3) is 11.4 Å². The van der Waals surface area contributed by atoms with Gasteiger partial charge in [0.2, 0.25) is 5.91 Å². The summed E-state index contributed by atoms with van der Waals surface area (Å²) in [6, 6.07) is 7.50. The Labute approximate surface area is 217 Å². The fourth-order valence-corrected chi connectivity index (χ4v) is 5.30. The Hall–Kier alpha value is -3.38. The highest BCUT2D eigenvalue weighted by Gasteiger charge is 2.27. The minimum Gasteiger partial charge on any atom is -0.497 e. The van der Waals surface area contributed by atoms with Crippen molar-refractivity contribution in [1.82, 2.24) is 14.8 Å². The third-order valence-electron chi connectivity index (χ3n) is 5.03. The number of hydrogen-bond acceptors (Lipinski definition) is 10. The number of aromatic nitrogens is 3. The van der Waals surface area contributed by atoms with Crippen molar-refractivity contribution in [2.24, 2.45) is 0 Å². The van der Waals surface area contributed by atoms with E-state index in [1.165, 1.54) is 11.8 Å². The van der Waals surface area contributed by atoms with Gasteiger partial charge < -0.3 is 24.1 Å². The Kier molecular flexibility index (Phi) is 9.48. The van der Waals surface area contributed by atoms with Gasteiger partial charge >= 0.3 is 11.9 Å². The molecule has 12 heteroatoms. The number of nitrogens with one attached hydrogen (secondary N) is 1. The highest BCUT2D eigenvalue weighted by Crippen LogP contribution is 2.35. The van der Waals surface area contributed by atoms with Gasteiger partial charge in [0.25, 0.3) is 0 Å². The van der Waals surface area contributed by atoms with Gasteiger partial charge in [-0.15, -0.1) is 21.5 Å². The minimum absolute atomic E-state index is 0.0181. The number of benzene rings is 1. The number of methoxy groups -OCH3 is 1. The van der Waals surface area contributed by atoms with Crippen LogP contribution in [0.2, 0.25) is 0 Å². The third kappa shape index (κ3) is 6.05. The summed E-state index contributed by atoms with van der Waals surface area (Å²) in [5.41, 5.74) is 1.41. The summed E-state index contributed by atoms with van der Waals surface area (Å²) in [6.07, 6.45) is 0. The third-order valence-corrected chi connectivity index (χ3v) is 7.19. The Morgan fingerprint density at radius 1 is 1.08 bits per heavy atom. The van der Waals surface area contributed by atoms with Crippen LogP contribution in [0.1, 0.15) is 46.4 Å². The topological polar surface area (TPSA) is 122 Å². The molecular weight excluding hydrogens is 504 g/mol. The number of thiophene rings is 1. The van der Waals surface area contributed by atoms with Crippen LogP contribution in [0, 0.1) is 6.92 Å². The van der Waals surface area contributed by atoms with Gasteiger partial charge in [-0.1, -0.05) is 23.9 Å². The molecule has 3 aromatic rings. The lowest BCUT2D eigenvalue weighted by Crippen LogP contribution is -2.17. The van der Waals surface area contributed by atoms with Crippen molar-refractivity contribution < 1.29 is 28.6 Å². The highest BCUT2D eigenvalue weighted by molar-refractivity contribution is 7.99. The molecule has 0 fully saturated rings. The highest BCUT2D eigenvalue weighted by atomic mass is 32.2. The quantitative estimate of drug-likeness (QED) is 0.282. The zero-order valence-electron chi connectivity index (χ0n) is 20.7. The van der Waals surface area contributed by atoms with Gasteiger partial charge in [-0.3, -0.25) is 4.79 Å². The maximum atomic E-state index is 12.8. The number of amides is 1. The molecule has 0 radical (unpaired) electrons. The molecule has 192 valence electrons. The number of esters is 2. The lowest BCUT2D eigenvalue weighted by Gasteiger charge is -2.09. The van der Waals surface area contributed by atoms with Crippen molar-refractivity contribution in [1.29, 1.82) is 0 Å². The molecule has 0 aliphatic heterocycles. The van der Waals surface area contributed by atoms with Crippen molar-refractivity contribution in [2.45, 2.75) is 39.4 Å². The summed E-state index contributed by atoms with van der Waals surface area (Å²) in [5, 5.41) is 12.1. The summed E-state index contributed by atoms with van der Waals surface area (Å²) < 4.78 is 17.4. The molecule has 0 saturated heterocycles. The maximum Gasteiger partial charge on any atom is 0.348 e. The second-order valence-corrected chi connectivity index (χ2v) is 9.28. The van der Waals surface area contributed by atoms with E-state index in [2.05, 4.69) is 15.5 Å². The van der Waals surface area contributed by atoms with Crippen LogP contribution < -0.4 is 10.1 Å². The first-order valence-corrected chi connectivity index (χ1v) is 13.1. The second kappa shape index (κ2) is 12.5. The molecule has 0 atom stereocenters. The molecule has 36 heavy (non-hydrogen) atoms. The van der Waals surface area contributed by atoms with Crippen LogP contribution in [-0.4, -0.2) is 58.7 Å². The smallest absolute Gasteiger partial charge is 0.348 e. The van der Waals surface area contributed by atoms with Crippen LogP contribution in [0.5, 0.6) is 5.75 Å². The molecule has 0 aliphatic rings. The molecule has 2 heterocycles. The Morgan fingerprint density at radius 3 is 2.47 bits per heavy atom. The lowest BCUT2D eigenvalue weighted by atomic mass is 10.1. The van der Waals surface area contributed by atoms with E-state index in [1.54, 1.807) is 27.9 Å². The molecule has 2 aromatic heterocycles. The van der Waals surface area contributed by atoms with Crippen molar-refractivity contribution in [3.05, 3.63) is 40.3 Å². The van der Waals surface area contributed by atoms with E-state index in [1.807, 2.05) is 35.8 Å². The first kappa shape index (κ1) is 27.2. The SMILES string of the molecule is CCOC(=O)c1sc(NC(=O)CSc2nnc(-c3cccc(OC)c3)n2CC)c(C(=O)OCC)c1C. The van der Waals surface area contributed by atoms with E-state index in [-0.39, 0.29) is 40.3 Å². The molecular formula is C24H28N4O6S2. The Bertz CT molecular complexity index is 1250. The van der Waals surface area contributed by atoms with Gasteiger partial charge in [-0.25, -0.2) is 9.59 Å². The van der Waals surface area contributed by atoms with Gasteiger partial charge in [0.15, 0.2) is 11.0 Å². The van der Waals surface area contributed by atoms with Crippen LogP contribution in [0.3, 0.4) is 0 Å². The fourth-order valence-electron chi connectivity index (χ4n) is 3.39. The van der Waals surface area contributed by atoms with Gasteiger partial charge in [0, 0.05) is 12.1 Å². The predicted molar refractivity (Wildman–Crippen MR) is 138 cm³/mol. The van der Waals surface area contributed by atoms with E-state index in [0.717, 1.165) is 16.9 Å². The van der Waals surface area contributed by atoms with E-state index < -0.39 is 11.9 Å². The molecule has 10 nitrogen and oxygen atoms in total. The molecule has 1 N–H and O–H groups in total. The number of nitrogens with zero attached hydrogens (tertiary/aromatic N) is 3. The molecule has 1 aromatic carbocycles. The average Bonchev–Trinajstić information content (AvgIpc) is 3.43. The van der Waals surface area contributed by atoms with Crippen LogP contribution in [0.15, 0.2) is 29.4 Å². The van der Waals surface area contributed by atoms with Crippen LogP contribution in [-0.2, 0) is 20.8 Å². The molecule has 0 bridgehead atoms. The summed E-state index contributed by atoms with van der Waals surface area (Å²) in [4.78, 5) is 38.0. The van der Waals surface area contributed by atoms with E-state index in [9.17, 15) is 14.4 Å². The average molecular weight is 533 g/mol. The van der Waals surface area contributed by atoms with E-state index in [4.69, 9.17) is 14.2 Å². The van der Waals surface area contributed by atoms with Gasteiger partial charge in [0.05, 0.1) is 31.6 Å². The monoisotopic (exact) mass is 532 g/mol. The number of thioether (sulfide) groups is 1. The van der Waals surface area contributed by atoms with Crippen LogP contribution >= 0.6 is 23.1 Å². The number of ether oxygens (including phenoxy) is 3. The molecule has 0 saturated carbocycles. The minimum atomic E-state index is -0.613. The maximum absolute atomic E-state index is 12.8. The number of carbonyl (C=O) groups excluding carboxylic acids is 3. The number of carbonyl (C=O) groups is 3. The molecule has 0 spiro atoms. The largest absolute Gasteiger partial charge is 0.497 e. The standard InChI is InChI=1S/C24H28N4O6S2/c1-6-28-20(15-10-9-11-16(12-15)32-5)26-27-24(28)35-13-17(29)25-21-18(22(30)33-7-2)14(4)19(36-21)23(31)34-8-3/h9-12H,6-8,13H2,1-5H3,(H,25,29). The van der Waals surface area contributed by atoms with Gasteiger partial charge in [-0.2, -0.15) is 0 Å². The molecule has 1 amide bonds. The number of rotatable bonds is 11. The molecule has 0 aliphatic carbocycles. The normalized spacial score (nSPS) is 10.7. The summed E-state index contributed by atoms with van der Waals surface area (Å²) in [6.45, 7) is 7.93. The lowest BCUT2D eigenvalue weighted by molar-refractivity contribution is -0.113. The van der Waals surface area contributed by atoms with E-state index >= 15 is 0 Å². The number of anilines is 1. The van der Waals surface area contributed by atoms with Crippen molar-refractivity contribution in [3.63, 3.8) is 0 Å². The van der Waals surface area contributed by atoms with Crippen molar-refractivity contribution >= 4 is 45.9 Å². The zero-order valence-corrected chi connectivity index (χ0v) is 22.4. The van der Waals surface area contributed by atoms with E-state index in [0.29, 0.717) is 28.8 Å². The van der Waals surface area contributed by atoms with Crippen molar-refractivity contribution in [2.75, 3.05) is 31.4 Å². The molecule has 0 unspecified atom stereocenters. The molecule has 3 rings (SSSR count). The summed E-state index contributed by atoms with van der Waals surface area (Å²) >= 11 is 2.21. The Morgan fingerprint density at radius 2 is 1.81 bits per heavy atom. The predicted octanol–water partition coefficient (Wildman–Crippen LogP) is 4.43.